The molecule has 0 saturated carbocycles. The topological polar surface area (TPSA) is 111 Å². The molecule has 2 atom stereocenters. The van der Waals surface area contributed by atoms with Crippen molar-refractivity contribution in [3.8, 4) is 0 Å². The van der Waals surface area contributed by atoms with E-state index in [1.54, 1.807) is 13.8 Å². The Morgan fingerprint density at radius 2 is 1.41 bits per heavy atom. The van der Waals surface area contributed by atoms with Gasteiger partial charge in [-0.05, 0) is 18.3 Å². The minimum atomic E-state index is -0.661. The highest BCUT2D eigenvalue weighted by atomic mass is 16.5. The first kappa shape index (κ1) is 24.9. The van der Waals surface area contributed by atoms with Gasteiger partial charge in [0.25, 0.3) is 0 Å². The molecule has 0 aromatic rings. The second-order valence-corrected chi connectivity index (χ2v) is 7.89. The Hall–Kier alpha value is -2.12. The zero-order valence-electron chi connectivity index (χ0n) is 17.5. The van der Waals surface area contributed by atoms with Gasteiger partial charge in [0, 0.05) is 12.3 Å². The van der Waals surface area contributed by atoms with Gasteiger partial charge in [-0.1, -0.05) is 41.0 Å². The van der Waals surface area contributed by atoms with Crippen LogP contribution in [-0.2, 0) is 19.1 Å². The molecule has 0 saturated heterocycles. The summed E-state index contributed by atoms with van der Waals surface area (Å²) in [6.07, 6.45) is 0.497. The Morgan fingerprint density at radius 3 is 1.85 bits per heavy atom. The average Bonchev–Trinajstić information content (AvgIpc) is 2.59. The fraction of sp³-hybridized carbons (Fsp3) is 0.789. The monoisotopic (exact) mass is 386 g/mol. The lowest BCUT2D eigenvalue weighted by Gasteiger charge is -2.29. The molecule has 0 spiro atoms. The fourth-order valence-corrected chi connectivity index (χ4v) is 2.64. The van der Waals surface area contributed by atoms with Crippen molar-refractivity contribution in [2.45, 2.75) is 72.4 Å². The number of hydrogen-bond donors (Lipinski definition) is 2. The van der Waals surface area contributed by atoms with Crippen LogP contribution in [0.3, 0.4) is 0 Å². The maximum Gasteiger partial charge on any atom is 0.407 e. The summed E-state index contributed by atoms with van der Waals surface area (Å²) in [5.41, 5.74) is -0.451. The van der Waals surface area contributed by atoms with E-state index in [1.165, 1.54) is 14.2 Å². The summed E-state index contributed by atoms with van der Waals surface area (Å²) in [6.45, 7) is 9.13. The summed E-state index contributed by atoms with van der Waals surface area (Å²) < 4.78 is 9.15. The van der Waals surface area contributed by atoms with Crippen LogP contribution in [-0.4, -0.2) is 50.1 Å². The predicted molar refractivity (Wildman–Crippen MR) is 101 cm³/mol. The first-order valence-corrected chi connectivity index (χ1v) is 9.19. The quantitative estimate of drug-likeness (QED) is 0.559. The number of carbonyl (C=O) groups is 4. The third kappa shape index (κ3) is 9.40. The van der Waals surface area contributed by atoms with Crippen LogP contribution in [0.2, 0.25) is 0 Å². The van der Waals surface area contributed by atoms with Crippen LogP contribution >= 0.6 is 0 Å². The second kappa shape index (κ2) is 11.6. The highest BCUT2D eigenvalue weighted by Gasteiger charge is 2.32. The van der Waals surface area contributed by atoms with Crippen LogP contribution < -0.4 is 10.6 Å². The van der Waals surface area contributed by atoms with E-state index >= 15 is 0 Å². The van der Waals surface area contributed by atoms with Gasteiger partial charge < -0.3 is 20.1 Å². The van der Waals surface area contributed by atoms with E-state index in [9.17, 15) is 19.2 Å². The first-order valence-electron chi connectivity index (χ1n) is 9.19. The lowest BCUT2D eigenvalue weighted by atomic mass is 9.82. The smallest absolute Gasteiger partial charge is 0.407 e. The standard InChI is InChI=1S/C19H34N2O6/c1-12(2)15(23)13(20-17(24)26-6)10-8-9-11-14(22)16(19(3,4)5)21-18(25)27-7/h12-13,16H,8-11H2,1-7H3,(H,20,24)(H,21,25). The molecule has 2 amide bonds. The molecule has 2 unspecified atom stereocenters. The summed E-state index contributed by atoms with van der Waals surface area (Å²) >= 11 is 0. The van der Waals surface area contributed by atoms with Gasteiger partial charge in [0.2, 0.25) is 0 Å². The molecule has 8 nitrogen and oxygen atoms in total. The molecule has 0 rings (SSSR count). The number of Topliss-reactive ketones (excluding diaryl/α,β-unsaturated/α-hetero) is 2. The molecule has 0 aromatic carbocycles. The van der Waals surface area contributed by atoms with Crippen molar-refractivity contribution in [2.24, 2.45) is 11.3 Å². The Balaban J connectivity index is 4.71. The first-order chi connectivity index (χ1) is 12.4. The van der Waals surface area contributed by atoms with Gasteiger partial charge in [-0.15, -0.1) is 0 Å². The Morgan fingerprint density at radius 1 is 0.889 bits per heavy atom. The number of unbranched alkanes of at least 4 members (excludes halogenated alkanes) is 1. The fourth-order valence-electron chi connectivity index (χ4n) is 2.64. The number of nitrogens with one attached hydrogen (secondary N) is 2. The number of hydrogen-bond acceptors (Lipinski definition) is 6. The molecule has 0 fully saturated rings. The highest BCUT2D eigenvalue weighted by Crippen LogP contribution is 2.22. The van der Waals surface area contributed by atoms with Crippen molar-refractivity contribution < 1.29 is 28.7 Å². The second-order valence-electron chi connectivity index (χ2n) is 7.89. The van der Waals surface area contributed by atoms with E-state index in [-0.39, 0.29) is 23.9 Å². The summed E-state index contributed by atoms with van der Waals surface area (Å²) in [6, 6.07) is -1.30. The van der Waals surface area contributed by atoms with Crippen molar-refractivity contribution in [3.63, 3.8) is 0 Å². The third-order valence-electron chi connectivity index (χ3n) is 4.19. The van der Waals surface area contributed by atoms with E-state index in [2.05, 4.69) is 20.1 Å². The van der Waals surface area contributed by atoms with E-state index in [0.29, 0.717) is 19.3 Å². The SMILES string of the molecule is COC(=O)NC(CCCCC(=O)C(NC(=O)OC)C(C)(C)C)C(=O)C(C)C. The highest BCUT2D eigenvalue weighted by molar-refractivity contribution is 5.89. The number of rotatable bonds is 10. The normalized spacial score (nSPS) is 13.5. The van der Waals surface area contributed by atoms with Gasteiger partial charge in [0.05, 0.1) is 26.3 Å². The summed E-state index contributed by atoms with van der Waals surface area (Å²) in [7, 11) is 2.49. The molecule has 0 heterocycles. The van der Waals surface area contributed by atoms with E-state index in [1.807, 2.05) is 20.8 Å². The molecule has 0 aliphatic heterocycles. The van der Waals surface area contributed by atoms with Crippen LogP contribution in [0.1, 0.15) is 60.3 Å². The molecular weight excluding hydrogens is 352 g/mol. The number of carbonyl (C=O) groups excluding carboxylic acids is 4. The lowest BCUT2D eigenvalue weighted by molar-refractivity contribution is -0.124. The van der Waals surface area contributed by atoms with Crippen LogP contribution in [0, 0.1) is 11.3 Å². The molecule has 0 bridgehead atoms. The molecule has 0 aromatic heterocycles. The van der Waals surface area contributed by atoms with Gasteiger partial charge in [-0.2, -0.15) is 0 Å². The molecule has 8 heteroatoms. The largest absolute Gasteiger partial charge is 0.453 e. The molecular formula is C19H34N2O6. The van der Waals surface area contributed by atoms with Crippen LogP contribution in [0.25, 0.3) is 0 Å². The zero-order chi connectivity index (χ0) is 21.2. The lowest BCUT2D eigenvalue weighted by Crippen LogP contribution is -2.49. The number of methoxy groups -OCH3 is 2. The summed E-state index contributed by atoms with van der Waals surface area (Å²) in [5, 5.41) is 5.13. The van der Waals surface area contributed by atoms with Crippen LogP contribution in [0.5, 0.6) is 0 Å². The number of ketones is 2. The molecule has 0 radical (unpaired) electrons. The maximum absolute atomic E-state index is 12.5. The van der Waals surface area contributed by atoms with Crippen molar-refractivity contribution in [1.82, 2.24) is 10.6 Å². The molecule has 2 N–H and O–H groups in total. The van der Waals surface area contributed by atoms with E-state index in [0.717, 1.165) is 0 Å². The zero-order valence-corrected chi connectivity index (χ0v) is 17.5. The Bertz CT molecular complexity index is 525. The number of ether oxygens (including phenoxy) is 2. The van der Waals surface area contributed by atoms with Crippen molar-refractivity contribution in [1.29, 1.82) is 0 Å². The van der Waals surface area contributed by atoms with Crippen molar-refractivity contribution in [3.05, 3.63) is 0 Å². The van der Waals surface area contributed by atoms with Crippen molar-refractivity contribution in [2.75, 3.05) is 14.2 Å². The van der Waals surface area contributed by atoms with Gasteiger partial charge in [-0.3, -0.25) is 9.59 Å². The summed E-state index contributed by atoms with van der Waals surface area (Å²) in [5.74, 6) is -0.393. The number of alkyl carbamates (subject to hydrolysis) is 2. The Kier molecular flexibility index (Phi) is 10.7. The minimum absolute atomic E-state index is 0.0772. The Labute approximate surface area is 161 Å². The number of amides is 2. The van der Waals surface area contributed by atoms with Crippen LogP contribution in [0.4, 0.5) is 9.59 Å². The average molecular weight is 386 g/mol. The molecule has 0 aliphatic rings. The van der Waals surface area contributed by atoms with E-state index in [4.69, 9.17) is 0 Å². The molecule has 156 valence electrons. The van der Waals surface area contributed by atoms with Gasteiger partial charge in [0.15, 0.2) is 11.6 Å². The van der Waals surface area contributed by atoms with Crippen LogP contribution in [0.15, 0.2) is 0 Å². The van der Waals surface area contributed by atoms with Gasteiger partial charge >= 0.3 is 12.2 Å². The molecule has 0 aliphatic carbocycles. The maximum atomic E-state index is 12.5. The van der Waals surface area contributed by atoms with E-state index < -0.39 is 29.7 Å². The minimum Gasteiger partial charge on any atom is -0.453 e. The predicted octanol–water partition coefficient (Wildman–Crippen LogP) is 2.84. The van der Waals surface area contributed by atoms with Gasteiger partial charge in [-0.25, -0.2) is 9.59 Å². The summed E-state index contributed by atoms with van der Waals surface area (Å²) in [4.78, 5) is 47.7. The van der Waals surface area contributed by atoms with Crippen molar-refractivity contribution >= 4 is 23.8 Å². The third-order valence-corrected chi connectivity index (χ3v) is 4.19. The van der Waals surface area contributed by atoms with Gasteiger partial charge in [0.1, 0.15) is 0 Å². The molecule has 27 heavy (non-hydrogen) atoms.